The molecule has 1 N–H and O–H groups in total. The second-order valence-electron chi connectivity index (χ2n) is 6.75. The summed E-state index contributed by atoms with van der Waals surface area (Å²) in [6.45, 7) is 4.45. The predicted molar refractivity (Wildman–Crippen MR) is 103 cm³/mol. The Balaban J connectivity index is 1.62. The molecule has 0 spiro atoms. The quantitative estimate of drug-likeness (QED) is 0.683. The van der Waals surface area contributed by atoms with E-state index < -0.39 is 5.97 Å². The fourth-order valence-corrected chi connectivity index (χ4v) is 2.62. The molecule has 0 saturated carbocycles. The second kappa shape index (κ2) is 10.5. The Kier molecular flexibility index (Phi) is 7.99. The van der Waals surface area contributed by atoms with Crippen molar-refractivity contribution in [2.45, 2.75) is 39.0 Å². The highest BCUT2D eigenvalue weighted by Crippen LogP contribution is 2.14. The number of aryl methyl sites for hydroxylation is 1. The zero-order valence-corrected chi connectivity index (χ0v) is 15.8. The van der Waals surface area contributed by atoms with E-state index in [0.717, 1.165) is 5.56 Å². The third-order valence-electron chi connectivity index (χ3n) is 4.30. The van der Waals surface area contributed by atoms with Crippen molar-refractivity contribution >= 4 is 11.9 Å². The second-order valence-corrected chi connectivity index (χ2v) is 6.75. The third-order valence-corrected chi connectivity index (χ3v) is 4.30. The Morgan fingerprint density at radius 3 is 2.41 bits per heavy atom. The number of amides is 1. The first-order valence-electron chi connectivity index (χ1n) is 9.20. The molecule has 1 amide bonds. The Bertz CT molecular complexity index is 756. The van der Waals surface area contributed by atoms with Gasteiger partial charge in [0.25, 0.3) is 5.91 Å². The minimum absolute atomic E-state index is 0.0381. The van der Waals surface area contributed by atoms with Gasteiger partial charge in [-0.3, -0.25) is 9.59 Å². The summed E-state index contributed by atoms with van der Waals surface area (Å²) in [6, 6.07) is 14.6. The minimum Gasteiger partial charge on any atom is -0.456 e. The summed E-state index contributed by atoms with van der Waals surface area (Å²) >= 11 is 0. The molecule has 2 aromatic carbocycles. The fraction of sp³-hybridized carbons (Fsp3) is 0.364. The van der Waals surface area contributed by atoms with Gasteiger partial charge in [-0.05, 0) is 41.5 Å². The smallest absolute Gasteiger partial charge is 0.306 e. The van der Waals surface area contributed by atoms with Crippen LogP contribution in [0, 0.1) is 5.82 Å². The molecule has 27 heavy (non-hydrogen) atoms. The van der Waals surface area contributed by atoms with Crippen molar-refractivity contribution in [2.75, 3.05) is 13.2 Å². The zero-order valence-electron chi connectivity index (χ0n) is 15.8. The molecule has 0 saturated heterocycles. The van der Waals surface area contributed by atoms with Gasteiger partial charge in [0.15, 0.2) is 6.61 Å². The van der Waals surface area contributed by atoms with E-state index in [9.17, 15) is 14.0 Å². The van der Waals surface area contributed by atoms with Crippen LogP contribution in [0.15, 0.2) is 48.5 Å². The molecule has 2 aromatic rings. The summed E-state index contributed by atoms with van der Waals surface area (Å²) in [7, 11) is 0. The number of esters is 1. The molecule has 0 aliphatic heterocycles. The van der Waals surface area contributed by atoms with Gasteiger partial charge in [0.05, 0.1) is 0 Å². The lowest BCUT2D eigenvalue weighted by Crippen LogP contribution is -2.30. The van der Waals surface area contributed by atoms with Gasteiger partial charge in [0.1, 0.15) is 5.82 Å². The SMILES string of the molecule is CC(C)c1ccc(CCNC(=O)COC(=O)CCc2ccccc2F)cc1. The Labute approximate surface area is 159 Å². The maximum atomic E-state index is 13.5. The highest BCUT2D eigenvalue weighted by molar-refractivity contribution is 5.80. The molecule has 0 fully saturated rings. The summed E-state index contributed by atoms with van der Waals surface area (Å²) in [4.78, 5) is 23.5. The largest absolute Gasteiger partial charge is 0.456 e. The van der Waals surface area contributed by atoms with Gasteiger partial charge in [-0.1, -0.05) is 56.3 Å². The van der Waals surface area contributed by atoms with Gasteiger partial charge in [-0.25, -0.2) is 4.39 Å². The van der Waals surface area contributed by atoms with E-state index in [1.807, 2.05) is 0 Å². The van der Waals surface area contributed by atoms with Crippen LogP contribution >= 0.6 is 0 Å². The molecular formula is C22H26FNO3. The molecule has 0 heterocycles. The highest BCUT2D eigenvalue weighted by atomic mass is 19.1. The topological polar surface area (TPSA) is 55.4 Å². The molecule has 0 bridgehead atoms. The zero-order chi connectivity index (χ0) is 19.6. The summed E-state index contributed by atoms with van der Waals surface area (Å²) in [5.74, 6) is -0.706. The van der Waals surface area contributed by atoms with Gasteiger partial charge in [0, 0.05) is 13.0 Å². The van der Waals surface area contributed by atoms with Gasteiger partial charge >= 0.3 is 5.97 Å². The Morgan fingerprint density at radius 1 is 1.04 bits per heavy atom. The first-order valence-corrected chi connectivity index (χ1v) is 9.20. The van der Waals surface area contributed by atoms with Gasteiger partial charge in [-0.2, -0.15) is 0 Å². The van der Waals surface area contributed by atoms with Crippen LogP contribution in [-0.2, 0) is 27.2 Å². The van der Waals surface area contributed by atoms with Crippen LogP contribution in [0.4, 0.5) is 4.39 Å². The number of carbonyl (C=O) groups is 2. The standard InChI is InChI=1S/C22H26FNO3/c1-16(2)18-9-7-17(8-10-18)13-14-24-21(25)15-27-22(26)12-11-19-5-3-4-6-20(19)23/h3-10,16H,11-15H2,1-2H3,(H,24,25). The molecule has 0 aliphatic rings. The van der Waals surface area contributed by atoms with E-state index in [2.05, 4.69) is 43.4 Å². The molecular weight excluding hydrogens is 345 g/mol. The van der Waals surface area contributed by atoms with Gasteiger partial charge in [0.2, 0.25) is 0 Å². The van der Waals surface area contributed by atoms with Crippen LogP contribution in [0.5, 0.6) is 0 Å². The van der Waals surface area contributed by atoms with Gasteiger partial charge < -0.3 is 10.1 Å². The van der Waals surface area contributed by atoms with E-state index in [1.165, 1.54) is 11.6 Å². The molecule has 0 radical (unpaired) electrons. The minimum atomic E-state index is -0.516. The van der Waals surface area contributed by atoms with E-state index in [1.54, 1.807) is 18.2 Å². The van der Waals surface area contributed by atoms with Gasteiger partial charge in [-0.15, -0.1) is 0 Å². The molecule has 4 nitrogen and oxygen atoms in total. The number of nitrogens with one attached hydrogen (secondary N) is 1. The van der Waals surface area contributed by atoms with E-state index in [4.69, 9.17) is 4.74 Å². The van der Waals surface area contributed by atoms with Crippen LogP contribution in [0.25, 0.3) is 0 Å². The normalized spacial score (nSPS) is 10.7. The maximum absolute atomic E-state index is 13.5. The Hall–Kier alpha value is -2.69. The van der Waals surface area contributed by atoms with Crippen molar-refractivity contribution in [2.24, 2.45) is 0 Å². The van der Waals surface area contributed by atoms with Crippen molar-refractivity contribution in [1.82, 2.24) is 5.32 Å². The molecule has 0 unspecified atom stereocenters. The summed E-state index contributed by atoms with van der Waals surface area (Å²) in [5, 5.41) is 2.73. The van der Waals surface area contributed by atoms with Crippen molar-refractivity contribution in [3.63, 3.8) is 0 Å². The average molecular weight is 371 g/mol. The van der Waals surface area contributed by atoms with E-state index >= 15 is 0 Å². The van der Waals surface area contributed by atoms with Crippen LogP contribution < -0.4 is 5.32 Å². The summed E-state index contributed by atoms with van der Waals surface area (Å²) in [6.07, 6.45) is 1.00. The first-order chi connectivity index (χ1) is 13.0. The number of carbonyl (C=O) groups excluding carboxylic acids is 2. The molecule has 144 valence electrons. The lowest BCUT2D eigenvalue weighted by atomic mass is 10.0. The molecule has 0 atom stereocenters. The molecule has 2 rings (SSSR count). The van der Waals surface area contributed by atoms with Crippen LogP contribution in [0.1, 0.15) is 42.9 Å². The monoisotopic (exact) mass is 371 g/mol. The lowest BCUT2D eigenvalue weighted by molar-refractivity contribution is -0.148. The van der Waals surface area contributed by atoms with Crippen LogP contribution in [-0.4, -0.2) is 25.0 Å². The number of ether oxygens (including phenoxy) is 1. The maximum Gasteiger partial charge on any atom is 0.306 e. The van der Waals surface area contributed by atoms with Crippen molar-refractivity contribution < 1.29 is 18.7 Å². The van der Waals surface area contributed by atoms with E-state index in [-0.39, 0.29) is 31.2 Å². The number of hydrogen-bond donors (Lipinski definition) is 1. The third kappa shape index (κ3) is 7.21. The van der Waals surface area contributed by atoms with Crippen molar-refractivity contribution in [1.29, 1.82) is 0 Å². The first kappa shape index (κ1) is 20.6. The summed E-state index contributed by atoms with van der Waals surface area (Å²) < 4.78 is 18.4. The molecule has 0 aromatic heterocycles. The molecule has 0 aliphatic carbocycles. The van der Waals surface area contributed by atoms with E-state index in [0.29, 0.717) is 24.4 Å². The average Bonchev–Trinajstić information content (AvgIpc) is 2.66. The van der Waals surface area contributed by atoms with Crippen LogP contribution in [0.2, 0.25) is 0 Å². The predicted octanol–water partition coefficient (Wildman–Crippen LogP) is 3.78. The lowest BCUT2D eigenvalue weighted by Gasteiger charge is -2.09. The summed E-state index contributed by atoms with van der Waals surface area (Å²) in [5.41, 5.74) is 2.88. The molecule has 5 heteroatoms. The number of rotatable bonds is 9. The van der Waals surface area contributed by atoms with Crippen molar-refractivity contribution in [3.8, 4) is 0 Å². The number of benzene rings is 2. The Morgan fingerprint density at radius 2 is 1.74 bits per heavy atom. The van der Waals surface area contributed by atoms with Crippen LogP contribution in [0.3, 0.4) is 0 Å². The highest BCUT2D eigenvalue weighted by Gasteiger charge is 2.09. The fourth-order valence-electron chi connectivity index (χ4n) is 2.62. The van der Waals surface area contributed by atoms with Crippen molar-refractivity contribution in [3.05, 3.63) is 71.0 Å². The number of halogens is 1. The number of hydrogen-bond acceptors (Lipinski definition) is 3.